The summed E-state index contributed by atoms with van der Waals surface area (Å²) in [7, 11) is 1.55. The van der Waals surface area contributed by atoms with Crippen molar-refractivity contribution in [1.82, 2.24) is 9.88 Å². The molecule has 0 radical (unpaired) electrons. The normalized spacial score (nSPS) is 10.9. The van der Waals surface area contributed by atoms with Crippen LogP contribution in [0.15, 0.2) is 76.1 Å². The summed E-state index contributed by atoms with van der Waals surface area (Å²) in [6.07, 6.45) is 1.50. The number of H-pyrrole nitrogens is 1. The van der Waals surface area contributed by atoms with Crippen LogP contribution in [0.25, 0.3) is 10.9 Å². The number of carbonyl (C=O) groups is 1. The molecule has 0 saturated carbocycles. The number of aromatic amines is 1. The van der Waals surface area contributed by atoms with E-state index in [2.05, 4.69) is 4.98 Å². The van der Waals surface area contributed by atoms with Gasteiger partial charge in [0.1, 0.15) is 17.3 Å². The van der Waals surface area contributed by atoms with Gasteiger partial charge in [0, 0.05) is 11.6 Å². The van der Waals surface area contributed by atoms with Gasteiger partial charge < -0.3 is 19.0 Å². The van der Waals surface area contributed by atoms with E-state index in [1.54, 1.807) is 43.5 Å². The average Bonchev–Trinajstić information content (AvgIpc) is 3.26. The molecule has 2 aromatic carbocycles. The first kappa shape index (κ1) is 19.4. The Balaban J connectivity index is 1.71. The topological polar surface area (TPSA) is 75.5 Å². The van der Waals surface area contributed by atoms with Crippen molar-refractivity contribution in [2.24, 2.45) is 0 Å². The number of nitrogens with zero attached hydrogens (tertiary/aromatic N) is 1. The molecule has 2 heterocycles. The van der Waals surface area contributed by atoms with Gasteiger partial charge in [0.25, 0.3) is 11.5 Å². The van der Waals surface area contributed by atoms with Gasteiger partial charge in [-0.3, -0.25) is 9.59 Å². The van der Waals surface area contributed by atoms with Gasteiger partial charge in [0.15, 0.2) is 0 Å². The number of hydrogen-bond acceptors (Lipinski definition) is 4. The summed E-state index contributed by atoms with van der Waals surface area (Å²) in [5.41, 5.74) is 0.609. The second-order valence-electron chi connectivity index (χ2n) is 6.80. The fourth-order valence-corrected chi connectivity index (χ4v) is 3.27. The molecule has 152 valence electrons. The Morgan fingerprint density at radius 3 is 2.67 bits per heavy atom. The lowest BCUT2D eigenvalue weighted by Gasteiger charge is -2.22. The number of pyridine rings is 1. The summed E-state index contributed by atoms with van der Waals surface area (Å²) in [6, 6.07) is 16.2. The van der Waals surface area contributed by atoms with Crippen LogP contribution in [0.2, 0.25) is 0 Å². The van der Waals surface area contributed by atoms with E-state index in [4.69, 9.17) is 9.15 Å². The third-order valence-corrected chi connectivity index (χ3v) is 4.81. The highest BCUT2D eigenvalue weighted by Crippen LogP contribution is 2.20. The molecule has 30 heavy (non-hydrogen) atoms. The first-order chi connectivity index (χ1) is 14.5. The number of ether oxygens (including phenoxy) is 1. The van der Waals surface area contributed by atoms with E-state index in [1.165, 1.54) is 29.4 Å². The molecule has 0 saturated heterocycles. The van der Waals surface area contributed by atoms with E-state index < -0.39 is 11.7 Å². The molecule has 0 fully saturated rings. The number of amides is 1. The quantitative estimate of drug-likeness (QED) is 0.523. The van der Waals surface area contributed by atoms with Crippen LogP contribution in [0.3, 0.4) is 0 Å². The van der Waals surface area contributed by atoms with E-state index in [0.29, 0.717) is 22.6 Å². The van der Waals surface area contributed by atoms with E-state index in [-0.39, 0.29) is 24.2 Å². The zero-order chi connectivity index (χ0) is 21.1. The Hall–Kier alpha value is -3.87. The molecule has 0 aliphatic heterocycles. The maximum atomic E-state index is 14.2. The lowest BCUT2D eigenvalue weighted by molar-refractivity contribution is 0.0712. The number of methoxy groups -OCH3 is 1. The molecule has 0 atom stereocenters. The van der Waals surface area contributed by atoms with Gasteiger partial charge >= 0.3 is 0 Å². The fraction of sp³-hybridized carbons (Fsp3) is 0.130. The molecule has 0 spiro atoms. The summed E-state index contributed by atoms with van der Waals surface area (Å²) in [5, 5.41) is 0.793. The molecule has 7 heteroatoms. The number of fused-ring (bicyclic) bond motifs is 1. The highest BCUT2D eigenvalue weighted by Gasteiger charge is 2.22. The minimum atomic E-state index is -0.619. The summed E-state index contributed by atoms with van der Waals surface area (Å²) >= 11 is 0. The van der Waals surface area contributed by atoms with Gasteiger partial charge in [-0.2, -0.15) is 0 Å². The van der Waals surface area contributed by atoms with Crippen LogP contribution in [0, 0.1) is 5.82 Å². The average molecular weight is 406 g/mol. The molecule has 0 unspecified atom stereocenters. The lowest BCUT2D eigenvalue weighted by atomic mass is 10.1. The molecular formula is C23H19FN2O4. The van der Waals surface area contributed by atoms with Gasteiger partial charge in [-0.25, -0.2) is 4.39 Å². The SMILES string of the molecule is COc1ccc2cc(CN(Cc3ccco3)C(=O)c3ccccc3F)c(=O)[nH]c2c1. The van der Waals surface area contributed by atoms with Gasteiger partial charge in [0.2, 0.25) is 0 Å². The van der Waals surface area contributed by atoms with Crippen LogP contribution < -0.4 is 10.3 Å². The molecule has 4 rings (SSSR count). The van der Waals surface area contributed by atoms with Crippen molar-refractivity contribution in [3.05, 3.63) is 100.0 Å². The minimum absolute atomic E-state index is 0.00876. The first-order valence-electron chi connectivity index (χ1n) is 9.31. The Bertz CT molecular complexity index is 1250. The monoisotopic (exact) mass is 406 g/mol. The van der Waals surface area contributed by atoms with Crippen LogP contribution >= 0.6 is 0 Å². The van der Waals surface area contributed by atoms with Gasteiger partial charge in [-0.1, -0.05) is 12.1 Å². The van der Waals surface area contributed by atoms with Gasteiger partial charge in [-0.05, 0) is 47.9 Å². The van der Waals surface area contributed by atoms with Crippen LogP contribution in [0.1, 0.15) is 21.7 Å². The molecule has 0 bridgehead atoms. The van der Waals surface area contributed by atoms with Crippen molar-refractivity contribution in [3.8, 4) is 5.75 Å². The molecule has 0 aliphatic rings. The van der Waals surface area contributed by atoms with Crippen LogP contribution in [-0.4, -0.2) is 22.9 Å². The Morgan fingerprint density at radius 1 is 1.10 bits per heavy atom. The van der Waals surface area contributed by atoms with Crippen molar-refractivity contribution in [2.45, 2.75) is 13.1 Å². The Labute approximate surface area is 171 Å². The second-order valence-corrected chi connectivity index (χ2v) is 6.80. The fourth-order valence-electron chi connectivity index (χ4n) is 3.27. The Morgan fingerprint density at radius 2 is 1.93 bits per heavy atom. The molecule has 2 aromatic heterocycles. The zero-order valence-corrected chi connectivity index (χ0v) is 16.2. The van der Waals surface area contributed by atoms with E-state index in [0.717, 1.165) is 5.39 Å². The first-order valence-corrected chi connectivity index (χ1v) is 9.31. The van der Waals surface area contributed by atoms with Crippen molar-refractivity contribution in [2.75, 3.05) is 7.11 Å². The maximum absolute atomic E-state index is 14.2. The molecule has 1 amide bonds. The minimum Gasteiger partial charge on any atom is -0.497 e. The Kier molecular flexibility index (Phi) is 5.34. The van der Waals surface area contributed by atoms with E-state index in [1.807, 2.05) is 6.07 Å². The third kappa shape index (κ3) is 3.96. The number of halogens is 1. The van der Waals surface area contributed by atoms with Crippen LogP contribution in [0.5, 0.6) is 5.75 Å². The zero-order valence-electron chi connectivity index (χ0n) is 16.2. The molecule has 4 aromatic rings. The highest BCUT2D eigenvalue weighted by atomic mass is 19.1. The number of carbonyl (C=O) groups excluding carboxylic acids is 1. The van der Waals surface area contributed by atoms with Crippen molar-refractivity contribution >= 4 is 16.8 Å². The number of aromatic nitrogens is 1. The summed E-state index contributed by atoms with van der Waals surface area (Å²) in [6.45, 7) is 0.0887. The van der Waals surface area contributed by atoms with E-state index in [9.17, 15) is 14.0 Å². The van der Waals surface area contributed by atoms with E-state index >= 15 is 0 Å². The number of furan rings is 1. The van der Waals surface area contributed by atoms with Crippen molar-refractivity contribution in [1.29, 1.82) is 0 Å². The number of hydrogen-bond donors (Lipinski definition) is 1. The molecule has 1 N–H and O–H groups in total. The summed E-state index contributed by atoms with van der Waals surface area (Å²) in [4.78, 5) is 29.9. The van der Waals surface area contributed by atoms with Gasteiger partial charge in [-0.15, -0.1) is 0 Å². The number of nitrogens with one attached hydrogen (secondary N) is 1. The second kappa shape index (κ2) is 8.24. The van der Waals surface area contributed by atoms with Crippen LogP contribution in [0.4, 0.5) is 4.39 Å². The third-order valence-electron chi connectivity index (χ3n) is 4.81. The smallest absolute Gasteiger partial charge is 0.257 e. The summed E-state index contributed by atoms with van der Waals surface area (Å²) in [5.74, 6) is 0.00640. The largest absolute Gasteiger partial charge is 0.497 e. The lowest BCUT2D eigenvalue weighted by Crippen LogP contribution is -2.33. The van der Waals surface area contributed by atoms with Crippen molar-refractivity contribution < 1.29 is 18.3 Å². The molecule has 0 aliphatic carbocycles. The highest BCUT2D eigenvalue weighted by molar-refractivity contribution is 5.94. The van der Waals surface area contributed by atoms with Crippen molar-refractivity contribution in [3.63, 3.8) is 0 Å². The number of rotatable bonds is 6. The van der Waals surface area contributed by atoms with Crippen LogP contribution in [-0.2, 0) is 13.1 Å². The standard InChI is InChI=1S/C23H19FN2O4/c1-29-17-9-8-15-11-16(22(27)25-21(15)12-17)13-26(14-18-5-4-10-30-18)23(28)19-6-2-3-7-20(19)24/h2-12H,13-14H2,1H3,(H,25,27). The summed E-state index contributed by atoms with van der Waals surface area (Å²) < 4.78 is 24.8. The molecule has 6 nitrogen and oxygen atoms in total. The number of benzene rings is 2. The predicted molar refractivity (Wildman–Crippen MR) is 110 cm³/mol. The molecular weight excluding hydrogens is 387 g/mol. The maximum Gasteiger partial charge on any atom is 0.257 e. The van der Waals surface area contributed by atoms with Gasteiger partial charge in [0.05, 0.1) is 37.5 Å². The predicted octanol–water partition coefficient (Wildman–Crippen LogP) is 4.11.